The van der Waals surface area contributed by atoms with Crippen molar-refractivity contribution in [3.05, 3.63) is 75.6 Å². The number of carbonyl (C=O) groups excluding carboxylic acids is 1. The van der Waals surface area contributed by atoms with Gasteiger partial charge in [0, 0.05) is 22.5 Å². The molecule has 0 fully saturated rings. The number of H-pyrrole nitrogens is 1. The summed E-state index contributed by atoms with van der Waals surface area (Å²) in [4.78, 5) is 26.5. The maximum atomic E-state index is 11.9. The molecule has 0 unspecified atom stereocenters. The Morgan fingerprint density at radius 2 is 1.97 bits per heavy atom. The number of hydrogen-bond donors (Lipinski definition) is 1. The molecule has 152 valence electrons. The largest absolute Gasteiger partial charge is 0.493 e. The van der Waals surface area contributed by atoms with Gasteiger partial charge in [0.1, 0.15) is 18.2 Å². The summed E-state index contributed by atoms with van der Waals surface area (Å²) in [6, 6.07) is 15.9. The third kappa shape index (κ3) is 4.67. The number of ether oxygens (including phenoxy) is 3. The Kier molecular flexibility index (Phi) is 6.50. The Bertz CT molecular complexity index is 1200. The molecule has 0 saturated carbocycles. The van der Waals surface area contributed by atoms with Crippen LogP contribution >= 0.6 is 0 Å². The minimum absolute atomic E-state index is 0.109. The van der Waals surface area contributed by atoms with Crippen molar-refractivity contribution < 1.29 is 19.0 Å². The summed E-state index contributed by atoms with van der Waals surface area (Å²) in [7, 11) is 1.49. The highest BCUT2D eigenvalue weighted by atomic mass is 16.5. The van der Waals surface area contributed by atoms with Crippen molar-refractivity contribution in [2.75, 3.05) is 13.7 Å². The van der Waals surface area contributed by atoms with E-state index in [0.29, 0.717) is 17.1 Å². The maximum Gasteiger partial charge on any atom is 0.348 e. The summed E-state index contributed by atoms with van der Waals surface area (Å²) in [5, 5.41) is 10.1. The molecule has 0 spiro atoms. The van der Waals surface area contributed by atoms with E-state index in [1.807, 2.05) is 30.3 Å². The van der Waals surface area contributed by atoms with Crippen molar-refractivity contribution in [3.63, 3.8) is 0 Å². The average molecular weight is 404 g/mol. The van der Waals surface area contributed by atoms with Crippen LogP contribution in [0.15, 0.2) is 58.9 Å². The predicted molar refractivity (Wildman–Crippen MR) is 112 cm³/mol. The van der Waals surface area contributed by atoms with Crippen LogP contribution in [0.1, 0.15) is 18.1 Å². The molecule has 0 aliphatic heterocycles. The molecule has 3 rings (SSSR count). The Morgan fingerprint density at radius 3 is 2.70 bits per heavy atom. The van der Waals surface area contributed by atoms with Crippen LogP contribution in [-0.4, -0.2) is 24.7 Å². The smallest absolute Gasteiger partial charge is 0.348 e. The van der Waals surface area contributed by atoms with E-state index in [4.69, 9.17) is 14.2 Å². The van der Waals surface area contributed by atoms with E-state index in [1.54, 1.807) is 25.1 Å². The number of benzene rings is 2. The van der Waals surface area contributed by atoms with Crippen LogP contribution in [0, 0.1) is 11.3 Å². The molecule has 7 heteroatoms. The third-order valence-corrected chi connectivity index (χ3v) is 4.33. The van der Waals surface area contributed by atoms with Crippen molar-refractivity contribution in [3.8, 4) is 17.6 Å². The number of carbonyl (C=O) groups is 1. The first-order valence-corrected chi connectivity index (χ1v) is 9.26. The van der Waals surface area contributed by atoms with Gasteiger partial charge in [0.05, 0.1) is 13.7 Å². The van der Waals surface area contributed by atoms with Gasteiger partial charge in [-0.2, -0.15) is 5.26 Å². The number of para-hydroxylation sites is 1. The van der Waals surface area contributed by atoms with Crippen LogP contribution in [0.4, 0.5) is 0 Å². The van der Waals surface area contributed by atoms with E-state index in [2.05, 4.69) is 4.98 Å². The van der Waals surface area contributed by atoms with E-state index in [9.17, 15) is 14.9 Å². The van der Waals surface area contributed by atoms with Crippen LogP contribution in [0.2, 0.25) is 0 Å². The zero-order valence-corrected chi connectivity index (χ0v) is 16.6. The number of pyridine rings is 1. The molecule has 3 aromatic rings. The summed E-state index contributed by atoms with van der Waals surface area (Å²) in [5.41, 5.74) is 1.75. The monoisotopic (exact) mass is 404 g/mol. The Hall–Kier alpha value is -4.05. The van der Waals surface area contributed by atoms with Gasteiger partial charge in [-0.05, 0) is 36.8 Å². The van der Waals surface area contributed by atoms with Gasteiger partial charge < -0.3 is 19.2 Å². The number of nitrogens with zero attached hydrogens (tertiary/aromatic N) is 1. The Labute approximate surface area is 173 Å². The molecule has 0 radical (unpaired) electrons. The van der Waals surface area contributed by atoms with Crippen LogP contribution in [0.5, 0.6) is 11.5 Å². The summed E-state index contributed by atoms with van der Waals surface area (Å²) < 4.78 is 16.1. The second kappa shape index (κ2) is 9.43. The zero-order chi connectivity index (χ0) is 21.5. The lowest BCUT2D eigenvalue weighted by Crippen LogP contribution is -2.08. The minimum atomic E-state index is -0.680. The van der Waals surface area contributed by atoms with Crippen molar-refractivity contribution in [2.24, 2.45) is 0 Å². The SMILES string of the molecule is CCOC(=O)/C(C#N)=C/c1ccc(OCc2cc(=O)[nH]c3ccccc23)c(OC)c1. The van der Waals surface area contributed by atoms with E-state index in [1.165, 1.54) is 19.3 Å². The number of rotatable bonds is 7. The molecule has 30 heavy (non-hydrogen) atoms. The fourth-order valence-corrected chi connectivity index (χ4v) is 2.96. The van der Waals surface area contributed by atoms with Crippen LogP contribution in [-0.2, 0) is 16.1 Å². The molecular formula is C23H20N2O5. The van der Waals surface area contributed by atoms with Crippen LogP contribution < -0.4 is 15.0 Å². The standard InChI is InChI=1S/C23H20N2O5/c1-3-29-23(27)16(13-24)10-15-8-9-20(21(11-15)28-2)30-14-17-12-22(26)25-19-7-5-4-6-18(17)19/h4-12H,3,14H2,1-2H3,(H,25,26)/b16-10+. The van der Waals surface area contributed by atoms with Gasteiger partial charge in [-0.25, -0.2) is 4.79 Å². The number of esters is 1. The van der Waals surface area contributed by atoms with Crippen LogP contribution in [0.25, 0.3) is 17.0 Å². The zero-order valence-electron chi connectivity index (χ0n) is 16.6. The molecule has 1 heterocycles. The lowest BCUT2D eigenvalue weighted by atomic mass is 10.1. The number of methoxy groups -OCH3 is 1. The van der Waals surface area contributed by atoms with Gasteiger partial charge in [-0.3, -0.25) is 4.79 Å². The third-order valence-electron chi connectivity index (χ3n) is 4.33. The van der Waals surface area contributed by atoms with Crippen molar-refractivity contribution in [2.45, 2.75) is 13.5 Å². The van der Waals surface area contributed by atoms with Crippen molar-refractivity contribution in [1.82, 2.24) is 4.98 Å². The van der Waals surface area contributed by atoms with Gasteiger partial charge in [0.25, 0.3) is 0 Å². The number of hydrogen-bond acceptors (Lipinski definition) is 6. The molecule has 0 aliphatic rings. The average Bonchev–Trinajstić information content (AvgIpc) is 2.76. The lowest BCUT2D eigenvalue weighted by Gasteiger charge is -2.12. The fraction of sp³-hybridized carbons (Fsp3) is 0.174. The topological polar surface area (TPSA) is 101 Å². The van der Waals surface area contributed by atoms with Gasteiger partial charge in [0.15, 0.2) is 11.5 Å². The summed E-state index contributed by atoms with van der Waals surface area (Å²) >= 11 is 0. The Balaban J connectivity index is 1.86. The molecule has 0 amide bonds. The number of nitrogens with one attached hydrogen (secondary N) is 1. The molecular weight excluding hydrogens is 384 g/mol. The molecule has 2 aromatic carbocycles. The number of aromatic nitrogens is 1. The highest BCUT2D eigenvalue weighted by molar-refractivity contribution is 5.98. The number of fused-ring (bicyclic) bond motifs is 1. The minimum Gasteiger partial charge on any atom is -0.493 e. The lowest BCUT2D eigenvalue weighted by molar-refractivity contribution is -0.137. The molecule has 1 N–H and O–H groups in total. The van der Waals surface area contributed by atoms with Gasteiger partial charge in [-0.1, -0.05) is 24.3 Å². The summed E-state index contributed by atoms with van der Waals surface area (Å²) in [5.74, 6) is 0.216. The molecule has 1 aromatic heterocycles. The second-order valence-electron chi connectivity index (χ2n) is 6.29. The van der Waals surface area contributed by atoms with E-state index >= 15 is 0 Å². The van der Waals surface area contributed by atoms with Crippen molar-refractivity contribution in [1.29, 1.82) is 5.26 Å². The predicted octanol–water partition coefficient (Wildman–Crippen LogP) is 3.59. The first kappa shape index (κ1) is 20.7. The molecule has 7 nitrogen and oxygen atoms in total. The quantitative estimate of drug-likeness (QED) is 0.367. The fourth-order valence-electron chi connectivity index (χ4n) is 2.96. The second-order valence-corrected chi connectivity index (χ2v) is 6.29. The molecule has 0 saturated heterocycles. The highest BCUT2D eigenvalue weighted by Gasteiger charge is 2.12. The Morgan fingerprint density at radius 1 is 1.17 bits per heavy atom. The number of nitriles is 1. The summed E-state index contributed by atoms with van der Waals surface area (Å²) in [6.45, 7) is 2.03. The van der Waals surface area contributed by atoms with Crippen molar-refractivity contribution >= 4 is 22.9 Å². The first-order valence-electron chi connectivity index (χ1n) is 9.26. The first-order chi connectivity index (χ1) is 14.5. The number of aromatic amines is 1. The highest BCUT2D eigenvalue weighted by Crippen LogP contribution is 2.30. The normalized spacial score (nSPS) is 11.0. The van der Waals surface area contributed by atoms with Gasteiger partial charge in [0.2, 0.25) is 5.56 Å². The maximum absolute atomic E-state index is 11.9. The van der Waals surface area contributed by atoms with Gasteiger partial charge in [-0.15, -0.1) is 0 Å². The van der Waals surface area contributed by atoms with E-state index in [-0.39, 0.29) is 24.3 Å². The summed E-state index contributed by atoms with van der Waals surface area (Å²) in [6.07, 6.45) is 1.43. The molecule has 0 atom stereocenters. The molecule has 0 aliphatic carbocycles. The molecule has 0 bridgehead atoms. The van der Waals surface area contributed by atoms with E-state index in [0.717, 1.165) is 16.5 Å². The van der Waals surface area contributed by atoms with Gasteiger partial charge >= 0.3 is 5.97 Å². The van der Waals surface area contributed by atoms with E-state index < -0.39 is 5.97 Å². The van der Waals surface area contributed by atoms with Crippen LogP contribution in [0.3, 0.4) is 0 Å².